The number of ether oxygens (including phenoxy) is 2. The van der Waals surface area contributed by atoms with Crippen molar-refractivity contribution in [1.29, 1.82) is 0 Å². The van der Waals surface area contributed by atoms with Crippen LogP contribution in [0.2, 0.25) is 0 Å². The second kappa shape index (κ2) is 14.4. The Kier molecular flexibility index (Phi) is 10.9. The first kappa shape index (κ1) is 34.6. The zero-order chi connectivity index (χ0) is 32.3. The Bertz CT molecular complexity index is 1770. The standard InChI is InChI=1S/C29H24F5N5O6.Na.H/c1-2-9-43-15-6-7-16(18(11-15)29(32,33)34)20-12-23(45-38-20)26(28(42)44-10-8-24(40)41)39-14-22-21(13-35-39)36-27(37-22)17-4-3-5-19(30)25(17)31;;/h3-7,11-13,26H,2,8-10,14H2,1H3,(H,36,37)(H,40,41);;/q;+1;-1. The van der Waals surface area contributed by atoms with Crippen LogP contribution in [0.25, 0.3) is 22.6 Å². The fraction of sp³-hybridized carbons (Fsp3) is 0.276. The van der Waals surface area contributed by atoms with E-state index in [1.807, 2.05) is 6.92 Å². The van der Waals surface area contributed by atoms with Crippen molar-refractivity contribution in [2.75, 3.05) is 13.2 Å². The quantitative estimate of drug-likeness (QED) is 0.141. The van der Waals surface area contributed by atoms with Crippen LogP contribution < -0.4 is 34.3 Å². The van der Waals surface area contributed by atoms with Crippen molar-refractivity contribution in [3.05, 3.63) is 76.8 Å². The van der Waals surface area contributed by atoms with Gasteiger partial charge < -0.3 is 25.5 Å². The molecular formula is C29H25F5N5NaO6. The number of rotatable bonds is 11. The number of aliphatic carboxylic acids is 1. The number of nitrogens with zero attached hydrogens (tertiary/aromatic N) is 4. The van der Waals surface area contributed by atoms with Crippen LogP contribution in [0, 0.1) is 11.6 Å². The van der Waals surface area contributed by atoms with Gasteiger partial charge in [-0.1, -0.05) is 18.1 Å². The topological polar surface area (TPSA) is 143 Å². The number of imidazole rings is 1. The van der Waals surface area contributed by atoms with Gasteiger partial charge in [-0.15, -0.1) is 0 Å². The van der Waals surface area contributed by atoms with Crippen molar-refractivity contribution < 1.29 is 81.6 Å². The summed E-state index contributed by atoms with van der Waals surface area (Å²) in [6.07, 6.45) is -3.50. The zero-order valence-corrected chi connectivity index (χ0v) is 26.4. The van der Waals surface area contributed by atoms with Crippen molar-refractivity contribution in [1.82, 2.24) is 20.1 Å². The summed E-state index contributed by atoms with van der Waals surface area (Å²) in [4.78, 5) is 31.3. The van der Waals surface area contributed by atoms with E-state index >= 15 is 0 Å². The van der Waals surface area contributed by atoms with E-state index in [0.717, 1.165) is 23.2 Å². The van der Waals surface area contributed by atoms with Crippen molar-refractivity contribution >= 4 is 18.2 Å². The monoisotopic (exact) mass is 657 g/mol. The number of esters is 1. The molecule has 4 aromatic rings. The predicted octanol–water partition coefficient (Wildman–Crippen LogP) is 2.84. The van der Waals surface area contributed by atoms with E-state index in [4.69, 9.17) is 19.1 Å². The van der Waals surface area contributed by atoms with Crippen LogP contribution in [0.1, 0.15) is 49.9 Å². The number of carboxylic acid groups (broad SMARTS) is 1. The van der Waals surface area contributed by atoms with Crippen LogP contribution in [0.15, 0.2) is 52.1 Å². The smallest absolute Gasteiger partial charge is 1.00 e. The van der Waals surface area contributed by atoms with Gasteiger partial charge >= 0.3 is 47.7 Å². The molecule has 3 heterocycles. The fourth-order valence-electron chi connectivity index (χ4n) is 4.49. The van der Waals surface area contributed by atoms with Crippen LogP contribution >= 0.6 is 0 Å². The zero-order valence-electron chi connectivity index (χ0n) is 25.4. The van der Waals surface area contributed by atoms with Gasteiger partial charge in [0, 0.05) is 11.6 Å². The molecule has 5 rings (SSSR count). The normalized spacial score (nSPS) is 13.1. The number of nitrogens with one attached hydrogen (secondary N) is 1. The van der Waals surface area contributed by atoms with E-state index in [0.29, 0.717) is 12.1 Å². The first-order valence-electron chi connectivity index (χ1n) is 13.5. The van der Waals surface area contributed by atoms with Crippen molar-refractivity contribution in [2.45, 2.75) is 38.5 Å². The van der Waals surface area contributed by atoms with E-state index in [-0.39, 0.29) is 84.0 Å². The maximum Gasteiger partial charge on any atom is 1.00 e. The summed E-state index contributed by atoms with van der Waals surface area (Å²) >= 11 is 0. The number of carbonyl (C=O) groups excluding carboxylic acids is 1. The Hall–Kier alpha value is -4.28. The number of aromatic amines is 1. The molecule has 0 amide bonds. The second-order valence-corrected chi connectivity index (χ2v) is 9.77. The van der Waals surface area contributed by atoms with E-state index in [9.17, 15) is 31.5 Å². The molecule has 1 atom stereocenters. The summed E-state index contributed by atoms with van der Waals surface area (Å²) in [6.45, 7) is 1.31. The third kappa shape index (κ3) is 7.57. The van der Waals surface area contributed by atoms with E-state index in [1.165, 1.54) is 30.5 Å². The fourth-order valence-corrected chi connectivity index (χ4v) is 4.49. The first-order chi connectivity index (χ1) is 21.5. The maximum atomic E-state index is 14.4. The SMILES string of the molecule is CCCOc1ccc(-c2cc(C(C(=O)OCCC(=O)O)N3Cc4[nH]c(-c5cccc(F)c5F)nc4C=N3)on2)c(C(F)(F)F)c1.[H-].[Na+]. The Balaban J connectivity index is 0.00000300. The van der Waals surface area contributed by atoms with Gasteiger partial charge in [-0.2, -0.15) is 18.3 Å². The Morgan fingerprint density at radius 2 is 1.93 bits per heavy atom. The molecule has 1 aliphatic heterocycles. The molecule has 238 valence electrons. The van der Waals surface area contributed by atoms with E-state index in [1.54, 1.807) is 0 Å². The summed E-state index contributed by atoms with van der Waals surface area (Å²) < 4.78 is 86.1. The van der Waals surface area contributed by atoms with E-state index in [2.05, 4.69) is 20.2 Å². The van der Waals surface area contributed by atoms with Crippen molar-refractivity contribution in [3.8, 4) is 28.4 Å². The molecule has 0 radical (unpaired) electrons. The maximum absolute atomic E-state index is 14.4. The molecule has 1 aliphatic rings. The number of fused-ring (bicyclic) bond motifs is 1. The van der Waals surface area contributed by atoms with Gasteiger partial charge in [0.2, 0.25) is 6.04 Å². The number of hydrazone groups is 1. The number of benzene rings is 2. The van der Waals surface area contributed by atoms with Gasteiger partial charge in [-0.3, -0.25) is 9.80 Å². The molecule has 46 heavy (non-hydrogen) atoms. The largest absolute Gasteiger partial charge is 1.00 e. The van der Waals surface area contributed by atoms with Crippen LogP contribution in [-0.2, 0) is 27.0 Å². The summed E-state index contributed by atoms with van der Waals surface area (Å²) in [5, 5.41) is 18.1. The minimum Gasteiger partial charge on any atom is -1.00 e. The molecule has 0 bridgehead atoms. The number of carboxylic acids is 1. The molecule has 0 saturated heterocycles. The summed E-state index contributed by atoms with van der Waals surface area (Å²) in [6, 6.07) is 6.49. The number of hydrogen-bond donors (Lipinski definition) is 2. The molecule has 0 saturated carbocycles. The third-order valence-electron chi connectivity index (χ3n) is 6.59. The molecule has 11 nitrogen and oxygen atoms in total. The summed E-state index contributed by atoms with van der Waals surface area (Å²) in [5.74, 6) is -4.75. The van der Waals surface area contributed by atoms with Crippen molar-refractivity contribution in [2.24, 2.45) is 5.10 Å². The van der Waals surface area contributed by atoms with Gasteiger partial charge in [0.25, 0.3) is 0 Å². The van der Waals surface area contributed by atoms with Gasteiger partial charge in [0.15, 0.2) is 17.4 Å². The molecule has 17 heteroatoms. The summed E-state index contributed by atoms with van der Waals surface area (Å²) in [7, 11) is 0. The Morgan fingerprint density at radius 3 is 2.65 bits per heavy atom. The molecule has 2 aromatic carbocycles. The minimum atomic E-state index is -4.79. The number of hydrogen-bond acceptors (Lipinski definition) is 9. The van der Waals surface area contributed by atoms with Gasteiger partial charge in [0.05, 0.1) is 42.6 Å². The first-order valence-corrected chi connectivity index (χ1v) is 13.5. The Morgan fingerprint density at radius 1 is 1.15 bits per heavy atom. The number of alkyl halides is 3. The molecule has 0 spiro atoms. The van der Waals surface area contributed by atoms with Gasteiger partial charge in [0.1, 0.15) is 29.6 Å². The minimum absolute atomic E-state index is 0. The van der Waals surface area contributed by atoms with Gasteiger partial charge in [-0.25, -0.2) is 18.6 Å². The van der Waals surface area contributed by atoms with E-state index < -0.39 is 54.4 Å². The van der Waals surface area contributed by atoms with Crippen molar-refractivity contribution in [3.63, 3.8) is 0 Å². The number of H-pyrrole nitrogens is 1. The molecule has 2 aromatic heterocycles. The second-order valence-electron chi connectivity index (χ2n) is 9.77. The average molecular weight is 658 g/mol. The Labute approximate surface area is 281 Å². The molecule has 0 fully saturated rings. The number of carbonyl (C=O) groups is 2. The molecule has 0 aliphatic carbocycles. The molecule has 1 unspecified atom stereocenters. The number of aromatic nitrogens is 3. The third-order valence-corrected chi connectivity index (χ3v) is 6.59. The van der Waals surface area contributed by atoms with Crippen LogP contribution in [-0.4, -0.2) is 56.6 Å². The summed E-state index contributed by atoms with van der Waals surface area (Å²) in [5.41, 5.74) is -1.23. The molecular weight excluding hydrogens is 632 g/mol. The van der Waals surface area contributed by atoms with Gasteiger partial charge in [-0.05, 0) is 36.8 Å². The number of halogens is 5. The van der Waals surface area contributed by atoms with Crippen LogP contribution in [0.3, 0.4) is 0 Å². The predicted molar refractivity (Wildman–Crippen MR) is 147 cm³/mol. The van der Waals surface area contributed by atoms with Crippen LogP contribution in [0.4, 0.5) is 22.0 Å². The average Bonchev–Trinajstić information content (AvgIpc) is 3.64. The molecule has 2 N–H and O–H groups in total. The van der Waals surface area contributed by atoms with Crippen LogP contribution in [0.5, 0.6) is 5.75 Å².